The lowest BCUT2D eigenvalue weighted by Gasteiger charge is -2.30. The molecule has 0 saturated carbocycles. The van der Waals surface area contributed by atoms with Crippen LogP contribution in [0.2, 0.25) is 0 Å². The standard InChI is InChI=1S/C12H23N/c1-4-7-12(8-6-9-13-12)10-11(3)5-2/h13H,3-10H2,1-2H3. The molecule has 0 spiro atoms. The Kier molecular flexibility index (Phi) is 3.98. The zero-order chi connectivity index (χ0) is 9.73. The van der Waals surface area contributed by atoms with Crippen molar-refractivity contribution in [1.29, 1.82) is 0 Å². The van der Waals surface area contributed by atoms with Gasteiger partial charge in [-0.25, -0.2) is 0 Å². The van der Waals surface area contributed by atoms with Crippen molar-refractivity contribution in [3.63, 3.8) is 0 Å². The van der Waals surface area contributed by atoms with Gasteiger partial charge in [0.2, 0.25) is 0 Å². The van der Waals surface area contributed by atoms with Crippen molar-refractivity contribution in [1.82, 2.24) is 5.32 Å². The summed E-state index contributed by atoms with van der Waals surface area (Å²) in [5.74, 6) is 0. The van der Waals surface area contributed by atoms with E-state index in [4.69, 9.17) is 0 Å². The first-order chi connectivity index (χ1) is 6.22. The maximum atomic E-state index is 4.12. The fourth-order valence-electron chi connectivity index (χ4n) is 2.40. The van der Waals surface area contributed by atoms with Gasteiger partial charge in [-0.05, 0) is 38.6 Å². The van der Waals surface area contributed by atoms with Crippen LogP contribution >= 0.6 is 0 Å². The van der Waals surface area contributed by atoms with E-state index in [2.05, 4.69) is 25.7 Å². The molecule has 1 saturated heterocycles. The molecule has 0 aromatic heterocycles. The highest BCUT2D eigenvalue weighted by Gasteiger charge is 2.32. The van der Waals surface area contributed by atoms with Gasteiger partial charge >= 0.3 is 0 Å². The van der Waals surface area contributed by atoms with Crippen molar-refractivity contribution < 1.29 is 0 Å². The summed E-state index contributed by atoms with van der Waals surface area (Å²) in [5, 5.41) is 3.68. The Morgan fingerprint density at radius 3 is 2.69 bits per heavy atom. The van der Waals surface area contributed by atoms with E-state index in [0.717, 1.165) is 6.42 Å². The predicted molar refractivity (Wildman–Crippen MR) is 58.9 cm³/mol. The highest BCUT2D eigenvalue weighted by molar-refractivity contribution is 5.05. The maximum absolute atomic E-state index is 4.12. The van der Waals surface area contributed by atoms with Gasteiger partial charge in [-0.1, -0.05) is 32.4 Å². The van der Waals surface area contributed by atoms with E-state index >= 15 is 0 Å². The van der Waals surface area contributed by atoms with Crippen LogP contribution in [-0.4, -0.2) is 12.1 Å². The van der Waals surface area contributed by atoms with Gasteiger partial charge < -0.3 is 5.32 Å². The number of hydrogen-bond acceptors (Lipinski definition) is 1. The second-order valence-corrected chi connectivity index (χ2v) is 4.34. The second kappa shape index (κ2) is 4.80. The minimum Gasteiger partial charge on any atom is -0.311 e. The molecule has 1 N–H and O–H groups in total. The average molecular weight is 181 g/mol. The van der Waals surface area contributed by atoms with Gasteiger partial charge in [-0.2, -0.15) is 0 Å². The topological polar surface area (TPSA) is 12.0 Å². The summed E-state index contributed by atoms with van der Waals surface area (Å²) in [4.78, 5) is 0. The molecule has 1 aliphatic rings. The monoisotopic (exact) mass is 181 g/mol. The number of rotatable bonds is 5. The van der Waals surface area contributed by atoms with Crippen molar-refractivity contribution in [3.05, 3.63) is 12.2 Å². The van der Waals surface area contributed by atoms with Gasteiger partial charge in [0, 0.05) is 5.54 Å². The first-order valence-electron chi connectivity index (χ1n) is 5.64. The molecule has 0 aliphatic carbocycles. The molecule has 0 bridgehead atoms. The van der Waals surface area contributed by atoms with E-state index in [0.29, 0.717) is 5.54 Å². The normalized spacial score (nSPS) is 27.8. The smallest absolute Gasteiger partial charge is 0.0218 e. The van der Waals surface area contributed by atoms with Crippen LogP contribution in [0.25, 0.3) is 0 Å². The Hall–Kier alpha value is -0.300. The van der Waals surface area contributed by atoms with Crippen molar-refractivity contribution in [2.75, 3.05) is 6.54 Å². The highest BCUT2D eigenvalue weighted by atomic mass is 15.0. The van der Waals surface area contributed by atoms with Gasteiger partial charge in [0.05, 0.1) is 0 Å². The second-order valence-electron chi connectivity index (χ2n) is 4.34. The third-order valence-electron chi connectivity index (χ3n) is 3.15. The van der Waals surface area contributed by atoms with Crippen LogP contribution < -0.4 is 5.32 Å². The zero-order valence-corrected chi connectivity index (χ0v) is 9.16. The fourth-order valence-corrected chi connectivity index (χ4v) is 2.40. The first-order valence-corrected chi connectivity index (χ1v) is 5.64. The van der Waals surface area contributed by atoms with Crippen molar-refractivity contribution in [2.45, 2.75) is 57.9 Å². The minimum absolute atomic E-state index is 0.418. The summed E-state index contributed by atoms with van der Waals surface area (Å²) in [6.07, 6.45) is 7.61. The molecule has 1 heterocycles. The Bertz CT molecular complexity index is 166. The Morgan fingerprint density at radius 1 is 1.46 bits per heavy atom. The lowest BCUT2D eigenvalue weighted by molar-refractivity contribution is 0.339. The van der Waals surface area contributed by atoms with Crippen LogP contribution in [0.15, 0.2) is 12.2 Å². The lowest BCUT2D eigenvalue weighted by Crippen LogP contribution is -2.39. The Morgan fingerprint density at radius 2 is 2.23 bits per heavy atom. The van der Waals surface area contributed by atoms with Gasteiger partial charge in [-0.15, -0.1) is 0 Å². The third kappa shape index (κ3) is 2.84. The van der Waals surface area contributed by atoms with Crippen LogP contribution in [0.3, 0.4) is 0 Å². The average Bonchev–Trinajstić information content (AvgIpc) is 2.54. The number of hydrogen-bond donors (Lipinski definition) is 1. The van der Waals surface area contributed by atoms with E-state index < -0.39 is 0 Å². The fraction of sp³-hybridized carbons (Fsp3) is 0.833. The molecular weight excluding hydrogens is 158 g/mol. The van der Waals surface area contributed by atoms with Gasteiger partial charge in [0.15, 0.2) is 0 Å². The minimum atomic E-state index is 0.418. The van der Waals surface area contributed by atoms with Crippen molar-refractivity contribution >= 4 is 0 Å². The largest absolute Gasteiger partial charge is 0.311 e. The number of nitrogens with one attached hydrogen (secondary N) is 1. The lowest BCUT2D eigenvalue weighted by atomic mass is 9.85. The van der Waals surface area contributed by atoms with E-state index in [9.17, 15) is 0 Å². The Balaban J connectivity index is 2.51. The molecule has 76 valence electrons. The van der Waals surface area contributed by atoms with E-state index in [-0.39, 0.29) is 0 Å². The molecule has 1 rings (SSSR count). The summed E-state index contributed by atoms with van der Waals surface area (Å²) in [5.41, 5.74) is 1.82. The summed E-state index contributed by atoms with van der Waals surface area (Å²) in [7, 11) is 0. The van der Waals surface area contributed by atoms with E-state index in [1.165, 1.54) is 44.2 Å². The zero-order valence-electron chi connectivity index (χ0n) is 9.16. The van der Waals surface area contributed by atoms with Crippen molar-refractivity contribution in [2.24, 2.45) is 0 Å². The van der Waals surface area contributed by atoms with Crippen LogP contribution in [-0.2, 0) is 0 Å². The molecule has 13 heavy (non-hydrogen) atoms. The van der Waals surface area contributed by atoms with E-state index in [1.807, 2.05) is 0 Å². The van der Waals surface area contributed by atoms with Crippen LogP contribution in [0.5, 0.6) is 0 Å². The summed E-state index contributed by atoms with van der Waals surface area (Å²) in [6, 6.07) is 0. The molecule has 0 aromatic rings. The summed E-state index contributed by atoms with van der Waals surface area (Å²) in [6.45, 7) is 9.81. The molecule has 1 fully saturated rings. The van der Waals surface area contributed by atoms with Crippen LogP contribution in [0.1, 0.15) is 52.4 Å². The highest BCUT2D eigenvalue weighted by Crippen LogP contribution is 2.31. The molecule has 1 aliphatic heterocycles. The predicted octanol–water partition coefficient (Wildman–Crippen LogP) is 3.27. The van der Waals surface area contributed by atoms with Crippen molar-refractivity contribution in [3.8, 4) is 0 Å². The maximum Gasteiger partial charge on any atom is 0.0218 e. The Labute approximate surface area is 82.6 Å². The summed E-state index contributed by atoms with van der Waals surface area (Å²) >= 11 is 0. The first kappa shape index (κ1) is 10.8. The molecule has 1 heteroatoms. The van der Waals surface area contributed by atoms with Crippen LogP contribution in [0.4, 0.5) is 0 Å². The molecule has 0 radical (unpaired) electrons. The van der Waals surface area contributed by atoms with Gasteiger partial charge in [-0.3, -0.25) is 0 Å². The van der Waals surface area contributed by atoms with E-state index in [1.54, 1.807) is 0 Å². The van der Waals surface area contributed by atoms with Gasteiger partial charge in [0.1, 0.15) is 0 Å². The molecular formula is C12H23N. The molecule has 1 atom stereocenters. The molecule has 0 amide bonds. The van der Waals surface area contributed by atoms with Crippen LogP contribution in [0, 0.1) is 0 Å². The summed E-state index contributed by atoms with van der Waals surface area (Å²) < 4.78 is 0. The molecule has 1 unspecified atom stereocenters. The molecule has 1 nitrogen and oxygen atoms in total. The molecule has 0 aromatic carbocycles. The SMILES string of the molecule is C=C(CC)CC1(CCC)CCCN1. The van der Waals surface area contributed by atoms with Gasteiger partial charge in [0.25, 0.3) is 0 Å². The quantitative estimate of drug-likeness (QED) is 0.642. The third-order valence-corrected chi connectivity index (χ3v) is 3.15.